The minimum Gasteiger partial charge on any atom is -0.465 e. The molecule has 0 fully saturated rings. The third kappa shape index (κ3) is 4.47. The highest BCUT2D eigenvalue weighted by Crippen LogP contribution is 2.31. The molecule has 22 heavy (non-hydrogen) atoms. The Kier molecular flexibility index (Phi) is 6.88. The molecule has 1 rings (SSSR count). The maximum absolute atomic E-state index is 12.5. The van der Waals surface area contributed by atoms with Crippen LogP contribution >= 0.6 is 11.6 Å². The highest BCUT2D eigenvalue weighted by atomic mass is 35.5. The van der Waals surface area contributed by atoms with E-state index < -0.39 is 17.4 Å². The van der Waals surface area contributed by atoms with Gasteiger partial charge in [0.1, 0.15) is 5.75 Å². The lowest BCUT2D eigenvalue weighted by Crippen LogP contribution is -2.42. The van der Waals surface area contributed by atoms with Crippen LogP contribution in [0.3, 0.4) is 0 Å². The first-order chi connectivity index (χ1) is 10.4. The smallest absolute Gasteiger partial charge is 0.328 e. The van der Waals surface area contributed by atoms with Crippen LogP contribution in [0.5, 0.6) is 5.75 Å². The van der Waals surface area contributed by atoms with E-state index in [-0.39, 0.29) is 12.5 Å². The lowest BCUT2D eigenvalue weighted by Gasteiger charge is -2.27. The molecule has 0 amide bonds. The van der Waals surface area contributed by atoms with Gasteiger partial charge in [-0.05, 0) is 43.0 Å². The summed E-state index contributed by atoms with van der Waals surface area (Å²) in [4.78, 5) is 24.9. The van der Waals surface area contributed by atoms with Crippen LogP contribution in [0.2, 0.25) is 5.02 Å². The summed E-state index contributed by atoms with van der Waals surface area (Å²) in [5.74, 6) is -0.543. The average molecular weight is 327 g/mol. The summed E-state index contributed by atoms with van der Waals surface area (Å²) in [6.45, 7) is 7.74. The van der Waals surface area contributed by atoms with Gasteiger partial charge in [0.25, 0.3) is 0 Å². The van der Waals surface area contributed by atoms with Crippen LogP contribution in [-0.2, 0) is 14.3 Å². The minimum atomic E-state index is -1.27. The molecule has 0 aromatic heterocycles. The molecular formula is C17H23ClO4. The van der Waals surface area contributed by atoms with Gasteiger partial charge < -0.3 is 9.47 Å². The number of esters is 2. The van der Waals surface area contributed by atoms with E-state index in [0.717, 1.165) is 0 Å². The Morgan fingerprint density at radius 3 is 2.09 bits per heavy atom. The van der Waals surface area contributed by atoms with Crippen molar-refractivity contribution in [2.45, 2.75) is 40.5 Å². The van der Waals surface area contributed by atoms with E-state index in [1.54, 1.807) is 38.1 Å². The normalized spacial score (nSPS) is 11.4. The standard InChI is InChI=1S/C17H23ClO4/c1-5-17(6-2,15(19)21-11-12(3)4)16(20)22-14-9-7-13(18)8-10-14/h7-10,12H,5-6,11H2,1-4H3. The summed E-state index contributed by atoms with van der Waals surface area (Å²) in [5, 5.41) is 0.549. The van der Waals surface area contributed by atoms with Crippen molar-refractivity contribution in [3.05, 3.63) is 29.3 Å². The number of ether oxygens (including phenoxy) is 2. The summed E-state index contributed by atoms with van der Waals surface area (Å²) < 4.78 is 10.6. The molecule has 0 radical (unpaired) electrons. The number of hydrogen-bond acceptors (Lipinski definition) is 4. The average Bonchev–Trinajstić information content (AvgIpc) is 2.49. The highest BCUT2D eigenvalue weighted by molar-refractivity contribution is 6.30. The minimum absolute atomic E-state index is 0.211. The van der Waals surface area contributed by atoms with Crippen molar-refractivity contribution in [3.8, 4) is 5.75 Å². The van der Waals surface area contributed by atoms with Gasteiger partial charge in [0, 0.05) is 5.02 Å². The maximum atomic E-state index is 12.5. The van der Waals surface area contributed by atoms with E-state index in [4.69, 9.17) is 21.1 Å². The van der Waals surface area contributed by atoms with Crippen molar-refractivity contribution in [1.82, 2.24) is 0 Å². The number of rotatable bonds is 7. The molecule has 1 aromatic carbocycles. The van der Waals surface area contributed by atoms with Crippen molar-refractivity contribution in [3.63, 3.8) is 0 Å². The Balaban J connectivity index is 2.89. The lowest BCUT2D eigenvalue weighted by molar-refractivity contribution is -0.168. The Labute approximate surface area is 136 Å². The van der Waals surface area contributed by atoms with Crippen LogP contribution in [0.4, 0.5) is 0 Å². The van der Waals surface area contributed by atoms with Crippen LogP contribution in [-0.4, -0.2) is 18.5 Å². The van der Waals surface area contributed by atoms with Crippen molar-refractivity contribution in [2.24, 2.45) is 11.3 Å². The van der Waals surface area contributed by atoms with Gasteiger partial charge in [0.05, 0.1) is 6.61 Å². The molecule has 0 aliphatic rings. The van der Waals surface area contributed by atoms with Gasteiger partial charge in [-0.3, -0.25) is 9.59 Å². The second kappa shape index (κ2) is 8.18. The molecule has 0 bridgehead atoms. The Morgan fingerprint density at radius 1 is 1.09 bits per heavy atom. The van der Waals surface area contributed by atoms with Crippen molar-refractivity contribution >= 4 is 23.5 Å². The fourth-order valence-electron chi connectivity index (χ4n) is 2.00. The van der Waals surface area contributed by atoms with Gasteiger partial charge in [-0.2, -0.15) is 0 Å². The zero-order valence-corrected chi connectivity index (χ0v) is 14.3. The summed E-state index contributed by atoms with van der Waals surface area (Å²) in [6.07, 6.45) is 0.652. The third-order valence-electron chi connectivity index (χ3n) is 3.56. The summed E-state index contributed by atoms with van der Waals surface area (Å²) in [6, 6.07) is 6.44. The monoisotopic (exact) mass is 326 g/mol. The Hall–Kier alpha value is -1.55. The molecule has 5 heteroatoms. The fourth-order valence-corrected chi connectivity index (χ4v) is 2.12. The van der Waals surface area contributed by atoms with Crippen LogP contribution in [0.1, 0.15) is 40.5 Å². The summed E-state index contributed by atoms with van der Waals surface area (Å²) in [5.41, 5.74) is -1.27. The fraction of sp³-hybridized carbons (Fsp3) is 0.529. The number of halogens is 1. The lowest BCUT2D eigenvalue weighted by atomic mass is 9.82. The molecule has 0 saturated carbocycles. The van der Waals surface area contributed by atoms with E-state index in [1.165, 1.54) is 0 Å². The zero-order chi connectivity index (χ0) is 16.8. The second-order valence-electron chi connectivity index (χ2n) is 5.62. The predicted molar refractivity (Wildman–Crippen MR) is 85.9 cm³/mol. The molecule has 0 spiro atoms. The van der Waals surface area contributed by atoms with Crippen LogP contribution in [0, 0.1) is 11.3 Å². The van der Waals surface area contributed by atoms with Crippen LogP contribution in [0.25, 0.3) is 0 Å². The summed E-state index contributed by atoms with van der Waals surface area (Å²) >= 11 is 5.80. The van der Waals surface area contributed by atoms with E-state index >= 15 is 0 Å². The van der Waals surface area contributed by atoms with Crippen molar-refractivity contribution < 1.29 is 19.1 Å². The number of hydrogen-bond donors (Lipinski definition) is 0. The van der Waals surface area contributed by atoms with Gasteiger partial charge in [-0.15, -0.1) is 0 Å². The molecule has 0 unspecified atom stereocenters. The van der Waals surface area contributed by atoms with E-state index in [9.17, 15) is 9.59 Å². The molecule has 4 nitrogen and oxygen atoms in total. The zero-order valence-electron chi connectivity index (χ0n) is 13.5. The summed E-state index contributed by atoms with van der Waals surface area (Å²) in [7, 11) is 0. The quantitative estimate of drug-likeness (QED) is 0.427. The first-order valence-corrected chi connectivity index (χ1v) is 7.88. The molecule has 122 valence electrons. The van der Waals surface area contributed by atoms with E-state index in [2.05, 4.69) is 0 Å². The first-order valence-electron chi connectivity index (χ1n) is 7.50. The SMILES string of the molecule is CCC(CC)(C(=O)OCC(C)C)C(=O)Oc1ccc(Cl)cc1. The molecule has 1 aromatic rings. The largest absolute Gasteiger partial charge is 0.465 e. The van der Waals surface area contributed by atoms with Gasteiger partial charge in [-0.1, -0.05) is 39.3 Å². The second-order valence-corrected chi connectivity index (χ2v) is 6.06. The molecule has 0 N–H and O–H groups in total. The molecule has 0 aliphatic heterocycles. The number of carbonyl (C=O) groups excluding carboxylic acids is 2. The van der Waals surface area contributed by atoms with Gasteiger partial charge in [0.15, 0.2) is 5.41 Å². The van der Waals surface area contributed by atoms with E-state index in [0.29, 0.717) is 23.6 Å². The van der Waals surface area contributed by atoms with E-state index in [1.807, 2.05) is 13.8 Å². The third-order valence-corrected chi connectivity index (χ3v) is 3.81. The van der Waals surface area contributed by atoms with Crippen molar-refractivity contribution in [1.29, 1.82) is 0 Å². The molecule has 0 heterocycles. The Bertz CT molecular complexity index is 504. The maximum Gasteiger partial charge on any atom is 0.328 e. The highest BCUT2D eigenvalue weighted by Gasteiger charge is 2.46. The topological polar surface area (TPSA) is 52.6 Å². The van der Waals surface area contributed by atoms with Gasteiger partial charge >= 0.3 is 11.9 Å². The number of benzene rings is 1. The van der Waals surface area contributed by atoms with Crippen LogP contribution < -0.4 is 4.74 Å². The molecule has 0 aliphatic carbocycles. The van der Waals surface area contributed by atoms with Gasteiger partial charge in [-0.25, -0.2) is 0 Å². The predicted octanol–water partition coefficient (Wildman–Crippen LogP) is 4.25. The molecule has 0 atom stereocenters. The number of carbonyl (C=O) groups is 2. The molecular weight excluding hydrogens is 304 g/mol. The van der Waals surface area contributed by atoms with Gasteiger partial charge in [0.2, 0.25) is 0 Å². The van der Waals surface area contributed by atoms with Crippen LogP contribution in [0.15, 0.2) is 24.3 Å². The first kappa shape index (κ1) is 18.5. The van der Waals surface area contributed by atoms with Crippen molar-refractivity contribution in [2.75, 3.05) is 6.61 Å². The molecule has 0 saturated heterocycles. The Morgan fingerprint density at radius 2 is 1.64 bits per heavy atom.